The summed E-state index contributed by atoms with van der Waals surface area (Å²) in [5, 5.41) is 5.07. The third kappa shape index (κ3) is 4.24. The van der Waals surface area contributed by atoms with E-state index in [1.807, 2.05) is 39.1 Å². The van der Waals surface area contributed by atoms with Gasteiger partial charge in [-0.1, -0.05) is 36.7 Å². The van der Waals surface area contributed by atoms with E-state index in [9.17, 15) is 4.79 Å². The molecule has 0 atom stereocenters. The van der Waals surface area contributed by atoms with E-state index >= 15 is 0 Å². The zero-order valence-electron chi connectivity index (χ0n) is 16.7. The van der Waals surface area contributed by atoms with Crippen molar-refractivity contribution >= 4 is 16.9 Å². The van der Waals surface area contributed by atoms with Crippen LogP contribution in [0.1, 0.15) is 54.5 Å². The molecule has 0 spiro atoms. The van der Waals surface area contributed by atoms with Crippen molar-refractivity contribution in [3.63, 3.8) is 0 Å². The van der Waals surface area contributed by atoms with E-state index in [4.69, 9.17) is 8.94 Å². The van der Waals surface area contributed by atoms with Crippen molar-refractivity contribution in [2.24, 2.45) is 0 Å². The number of para-hydroxylation sites is 1. The molecule has 5 heteroatoms. The second-order valence-electron chi connectivity index (χ2n) is 7.16. The fourth-order valence-corrected chi connectivity index (χ4v) is 3.47. The van der Waals surface area contributed by atoms with Gasteiger partial charge in [-0.2, -0.15) is 0 Å². The van der Waals surface area contributed by atoms with Crippen molar-refractivity contribution in [3.05, 3.63) is 52.6 Å². The number of hydrogen-bond acceptors (Lipinski definition) is 4. The van der Waals surface area contributed by atoms with E-state index in [2.05, 4.69) is 18.1 Å². The highest BCUT2D eigenvalue weighted by Gasteiger charge is 2.19. The van der Waals surface area contributed by atoms with Crippen molar-refractivity contribution < 1.29 is 13.7 Å². The Labute approximate surface area is 160 Å². The summed E-state index contributed by atoms with van der Waals surface area (Å²) < 4.78 is 11.3. The monoisotopic (exact) mass is 368 g/mol. The van der Waals surface area contributed by atoms with Crippen molar-refractivity contribution in [2.75, 3.05) is 7.05 Å². The Hall–Kier alpha value is -2.56. The number of aryl methyl sites for hydroxylation is 3. The number of amides is 1. The van der Waals surface area contributed by atoms with Crippen molar-refractivity contribution in [1.82, 2.24) is 10.1 Å². The highest BCUT2D eigenvalue weighted by Crippen LogP contribution is 2.28. The lowest BCUT2D eigenvalue weighted by Gasteiger charge is -2.17. The Morgan fingerprint density at radius 2 is 1.93 bits per heavy atom. The Morgan fingerprint density at radius 3 is 2.63 bits per heavy atom. The molecule has 1 aromatic carbocycles. The molecule has 0 unspecified atom stereocenters. The van der Waals surface area contributed by atoms with Crippen LogP contribution in [-0.4, -0.2) is 23.0 Å². The third-order valence-corrected chi connectivity index (χ3v) is 5.13. The van der Waals surface area contributed by atoms with Crippen LogP contribution in [0, 0.1) is 13.8 Å². The highest BCUT2D eigenvalue weighted by atomic mass is 16.5. The molecule has 2 heterocycles. The number of nitrogens with zero attached hydrogens (tertiary/aromatic N) is 2. The molecule has 5 nitrogen and oxygen atoms in total. The number of benzene rings is 1. The summed E-state index contributed by atoms with van der Waals surface area (Å²) in [6, 6.07) is 8.07. The Balaban J connectivity index is 1.72. The van der Waals surface area contributed by atoms with Gasteiger partial charge >= 0.3 is 0 Å². The van der Waals surface area contributed by atoms with E-state index in [0.717, 1.165) is 58.6 Å². The Bertz CT molecular complexity index is 903. The molecular weight excluding hydrogens is 340 g/mol. The first-order valence-corrected chi connectivity index (χ1v) is 9.66. The molecule has 3 aromatic rings. The summed E-state index contributed by atoms with van der Waals surface area (Å²) >= 11 is 0. The number of hydrogen-bond donors (Lipinski definition) is 0. The lowest BCUT2D eigenvalue weighted by molar-refractivity contribution is -0.130. The zero-order chi connectivity index (χ0) is 19.4. The lowest BCUT2D eigenvalue weighted by atomic mass is 10.1. The maximum atomic E-state index is 12.7. The number of fused-ring (bicyclic) bond motifs is 1. The molecule has 0 fully saturated rings. The summed E-state index contributed by atoms with van der Waals surface area (Å²) in [5.41, 5.74) is 3.93. The molecule has 144 valence electrons. The molecular formula is C22H28N2O3. The van der Waals surface area contributed by atoms with Gasteiger partial charge in [0, 0.05) is 42.9 Å². The van der Waals surface area contributed by atoms with Crippen LogP contribution in [0.5, 0.6) is 0 Å². The molecule has 0 aliphatic carbocycles. The van der Waals surface area contributed by atoms with E-state index in [1.165, 1.54) is 0 Å². The van der Waals surface area contributed by atoms with Gasteiger partial charge in [0.1, 0.15) is 17.1 Å². The fraction of sp³-hybridized carbons (Fsp3) is 0.455. The van der Waals surface area contributed by atoms with Crippen LogP contribution in [0.3, 0.4) is 0 Å². The maximum absolute atomic E-state index is 12.7. The van der Waals surface area contributed by atoms with Gasteiger partial charge in [0.05, 0.1) is 5.69 Å². The number of carbonyl (C=O) groups is 1. The first kappa shape index (κ1) is 19.2. The van der Waals surface area contributed by atoms with Gasteiger partial charge in [0.15, 0.2) is 0 Å². The van der Waals surface area contributed by atoms with Gasteiger partial charge in [0.2, 0.25) is 5.91 Å². The first-order chi connectivity index (χ1) is 13.0. The van der Waals surface area contributed by atoms with Crippen LogP contribution in [0.25, 0.3) is 11.0 Å². The summed E-state index contributed by atoms with van der Waals surface area (Å²) in [6.45, 7) is 6.54. The Morgan fingerprint density at radius 1 is 1.15 bits per heavy atom. The van der Waals surface area contributed by atoms with Crippen LogP contribution in [-0.2, 0) is 24.2 Å². The number of aromatic nitrogens is 1. The maximum Gasteiger partial charge on any atom is 0.222 e. The van der Waals surface area contributed by atoms with Crippen LogP contribution in [0.15, 0.2) is 33.2 Å². The highest BCUT2D eigenvalue weighted by molar-refractivity contribution is 5.83. The number of furan rings is 1. The molecule has 0 bridgehead atoms. The number of carbonyl (C=O) groups excluding carboxylic acids is 1. The second-order valence-corrected chi connectivity index (χ2v) is 7.16. The van der Waals surface area contributed by atoms with Gasteiger partial charge in [-0.05, 0) is 32.8 Å². The molecule has 2 aromatic heterocycles. The van der Waals surface area contributed by atoms with E-state index < -0.39 is 0 Å². The van der Waals surface area contributed by atoms with Gasteiger partial charge in [-0.25, -0.2) is 0 Å². The standard InChI is InChI=1S/C22H28N2O3/c1-5-6-10-21-19(18-9-7-8-11-20(18)26-21)14-24(4)22(25)13-12-17-15(2)23-27-16(17)3/h7-9,11H,5-6,10,12-14H2,1-4H3. The summed E-state index contributed by atoms with van der Waals surface area (Å²) in [4.78, 5) is 14.5. The minimum atomic E-state index is 0.113. The minimum Gasteiger partial charge on any atom is -0.461 e. The van der Waals surface area contributed by atoms with Crippen LogP contribution < -0.4 is 0 Å². The van der Waals surface area contributed by atoms with Gasteiger partial charge in [-0.3, -0.25) is 4.79 Å². The molecule has 0 N–H and O–H groups in total. The average Bonchev–Trinajstić information content (AvgIpc) is 3.18. The summed E-state index contributed by atoms with van der Waals surface area (Å²) in [7, 11) is 1.86. The molecule has 3 rings (SSSR count). The largest absolute Gasteiger partial charge is 0.461 e. The van der Waals surface area contributed by atoms with Crippen LogP contribution >= 0.6 is 0 Å². The SMILES string of the molecule is CCCCc1oc2ccccc2c1CN(C)C(=O)CCc1c(C)noc1C. The summed E-state index contributed by atoms with van der Waals surface area (Å²) in [5.74, 6) is 1.91. The van der Waals surface area contributed by atoms with Crippen molar-refractivity contribution in [2.45, 2.75) is 59.4 Å². The Kier molecular flexibility index (Phi) is 5.99. The number of rotatable bonds is 8. The lowest BCUT2D eigenvalue weighted by Crippen LogP contribution is -2.26. The predicted molar refractivity (Wildman–Crippen MR) is 106 cm³/mol. The van der Waals surface area contributed by atoms with Gasteiger partial charge in [0.25, 0.3) is 0 Å². The normalized spacial score (nSPS) is 11.3. The molecule has 0 saturated heterocycles. The van der Waals surface area contributed by atoms with Crippen molar-refractivity contribution in [3.8, 4) is 0 Å². The predicted octanol–water partition coefficient (Wildman–Crippen LogP) is 4.97. The number of unbranched alkanes of at least 4 members (excludes halogenated alkanes) is 1. The topological polar surface area (TPSA) is 59.5 Å². The molecule has 27 heavy (non-hydrogen) atoms. The quantitative estimate of drug-likeness (QED) is 0.563. The molecule has 1 amide bonds. The molecule has 0 aliphatic heterocycles. The molecule has 0 saturated carbocycles. The third-order valence-electron chi connectivity index (χ3n) is 5.13. The second kappa shape index (κ2) is 8.42. The average molecular weight is 368 g/mol. The van der Waals surface area contributed by atoms with Crippen LogP contribution in [0.2, 0.25) is 0 Å². The zero-order valence-corrected chi connectivity index (χ0v) is 16.7. The molecule has 0 aliphatic rings. The minimum absolute atomic E-state index is 0.113. The smallest absolute Gasteiger partial charge is 0.222 e. The first-order valence-electron chi connectivity index (χ1n) is 9.66. The van der Waals surface area contributed by atoms with Crippen LogP contribution in [0.4, 0.5) is 0 Å². The van der Waals surface area contributed by atoms with Gasteiger partial charge < -0.3 is 13.8 Å². The molecule has 0 radical (unpaired) electrons. The van der Waals surface area contributed by atoms with E-state index in [-0.39, 0.29) is 5.91 Å². The fourth-order valence-electron chi connectivity index (χ4n) is 3.47. The summed E-state index contributed by atoms with van der Waals surface area (Å²) in [6.07, 6.45) is 4.19. The van der Waals surface area contributed by atoms with Gasteiger partial charge in [-0.15, -0.1) is 0 Å². The van der Waals surface area contributed by atoms with E-state index in [1.54, 1.807) is 4.90 Å². The van der Waals surface area contributed by atoms with E-state index in [0.29, 0.717) is 19.4 Å². The van der Waals surface area contributed by atoms with Crippen molar-refractivity contribution in [1.29, 1.82) is 0 Å².